The van der Waals surface area contributed by atoms with Crippen LogP contribution in [-0.2, 0) is 13.2 Å². The highest BCUT2D eigenvalue weighted by Crippen LogP contribution is 2.18. The SMILES string of the molecule is N/N=C(\N)c1ccc(OCc2ccc(OCc3ccc4ccccc4n3)cc2)cc1. The van der Waals surface area contributed by atoms with E-state index in [1.54, 1.807) is 0 Å². The lowest BCUT2D eigenvalue weighted by Crippen LogP contribution is -2.15. The van der Waals surface area contributed by atoms with Crippen LogP contribution >= 0.6 is 0 Å². The minimum absolute atomic E-state index is 0.288. The van der Waals surface area contributed by atoms with Crippen LogP contribution in [0.25, 0.3) is 10.9 Å². The molecule has 4 aromatic rings. The third kappa shape index (κ3) is 4.67. The van der Waals surface area contributed by atoms with Gasteiger partial charge in [0.05, 0.1) is 11.2 Å². The maximum absolute atomic E-state index is 5.87. The van der Waals surface area contributed by atoms with E-state index >= 15 is 0 Å². The van der Waals surface area contributed by atoms with Gasteiger partial charge in [-0.3, -0.25) is 0 Å². The number of nitrogens with zero attached hydrogens (tertiary/aromatic N) is 2. The summed E-state index contributed by atoms with van der Waals surface area (Å²) >= 11 is 0. The fraction of sp³-hybridized carbons (Fsp3) is 0.0833. The van der Waals surface area contributed by atoms with Gasteiger partial charge in [0.25, 0.3) is 0 Å². The van der Waals surface area contributed by atoms with Gasteiger partial charge in [0.2, 0.25) is 0 Å². The van der Waals surface area contributed by atoms with Gasteiger partial charge < -0.3 is 21.1 Å². The van der Waals surface area contributed by atoms with Gasteiger partial charge >= 0.3 is 0 Å². The average Bonchev–Trinajstić information content (AvgIpc) is 2.81. The lowest BCUT2D eigenvalue weighted by atomic mass is 10.2. The zero-order chi connectivity index (χ0) is 20.8. The predicted octanol–water partition coefficient (Wildman–Crippen LogP) is 3.97. The molecular weight excluding hydrogens is 376 g/mol. The fourth-order valence-electron chi connectivity index (χ4n) is 2.99. The summed E-state index contributed by atoms with van der Waals surface area (Å²) in [5.74, 6) is 7.00. The van der Waals surface area contributed by atoms with Gasteiger partial charge in [-0.15, -0.1) is 0 Å². The molecule has 0 aliphatic rings. The number of nitrogens with two attached hydrogens (primary N) is 2. The number of hydrogen-bond donors (Lipinski definition) is 2. The summed E-state index contributed by atoms with van der Waals surface area (Å²) in [6.07, 6.45) is 0. The highest BCUT2D eigenvalue weighted by atomic mass is 16.5. The quantitative estimate of drug-likeness (QED) is 0.213. The lowest BCUT2D eigenvalue weighted by Gasteiger charge is -2.09. The predicted molar refractivity (Wildman–Crippen MR) is 118 cm³/mol. The Bertz CT molecular complexity index is 1160. The van der Waals surface area contributed by atoms with E-state index in [1.165, 1.54) is 0 Å². The molecule has 0 fully saturated rings. The van der Waals surface area contributed by atoms with E-state index in [2.05, 4.69) is 16.2 Å². The second-order valence-electron chi connectivity index (χ2n) is 6.76. The van der Waals surface area contributed by atoms with Gasteiger partial charge in [0, 0.05) is 10.9 Å². The molecule has 4 rings (SSSR count). The Morgan fingerprint density at radius 1 is 0.767 bits per heavy atom. The molecule has 3 aromatic carbocycles. The maximum Gasteiger partial charge on any atom is 0.150 e. The Balaban J connectivity index is 1.31. The van der Waals surface area contributed by atoms with Crippen LogP contribution in [-0.4, -0.2) is 10.8 Å². The molecule has 0 spiro atoms. The number of para-hydroxylation sites is 1. The Morgan fingerprint density at radius 3 is 2.17 bits per heavy atom. The average molecular weight is 398 g/mol. The molecule has 0 atom stereocenters. The fourth-order valence-corrected chi connectivity index (χ4v) is 2.99. The molecule has 150 valence electrons. The third-order valence-electron chi connectivity index (χ3n) is 4.66. The molecule has 0 unspecified atom stereocenters. The minimum atomic E-state index is 0.288. The molecule has 6 heteroatoms. The Kier molecular flexibility index (Phi) is 5.75. The van der Waals surface area contributed by atoms with Crippen LogP contribution in [0.1, 0.15) is 16.8 Å². The number of hydrogen-bond acceptors (Lipinski definition) is 5. The Labute approximate surface area is 174 Å². The monoisotopic (exact) mass is 398 g/mol. The van der Waals surface area contributed by atoms with Crippen LogP contribution in [0.3, 0.4) is 0 Å². The molecule has 0 aliphatic carbocycles. The van der Waals surface area contributed by atoms with Gasteiger partial charge in [-0.25, -0.2) is 4.98 Å². The second kappa shape index (κ2) is 8.96. The summed E-state index contributed by atoms with van der Waals surface area (Å²) < 4.78 is 11.7. The standard InChI is InChI=1S/C24H22N4O2/c25-24(28-26)19-8-13-22(14-9-19)29-15-17-5-11-21(12-6-17)30-16-20-10-7-18-3-1-2-4-23(18)27-20/h1-14H,15-16,26H2,(H2,25,28). The minimum Gasteiger partial charge on any atom is -0.489 e. The molecule has 0 bridgehead atoms. The van der Waals surface area contributed by atoms with E-state index in [-0.39, 0.29) is 5.84 Å². The molecule has 0 saturated heterocycles. The first-order valence-electron chi connectivity index (χ1n) is 9.54. The summed E-state index contributed by atoms with van der Waals surface area (Å²) in [5.41, 5.74) is 9.34. The van der Waals surface area contributed by atoms with Crippen molar-refractivity contribution in [3.8, 4) is 11.5 Å². The number of benzene rings is 3. The normalized spacial score (nSPS) is 11.4. The first kappa shape index (κ1) is 19.3. The number of fused-ring (bicyclic) bond motifs is 1. The summed E-state index contributed by atoms with van der Waals surface area (Å²) in [6, 6.07) is 27.2. The van der Waals surface area contributed by atoms with Gasteiger partial charge in [-0.2, -0.15) is 5.10 Å². The molecule has 0 radical (unpaired) electrons. The topological polar surface area (TPSA) is 95.8 Å². The highest BCUT2D eigenvalue weighted by Gasteiger charge is 2.02. The molecule has 1 heterocycles. The van der Waals surface area contributed by atoms with Crippen molar-refractivity contribution in [3.63, 3.8) is 0 Å². The van der Waals surface area contributed by atoms with Crippen molar-refractivity contribution < 1.29 is 9.47 Å². The summed E-state index contributed by atoms with van der Waals surface area (Å²) in [4.78, 5) is 4.63. The molecular formula is C24H22N4O2. The maximum atomic E-state index is 5.87. The molecule has 4 N–H and O–H groups in total. The van der Waals surface area contributed by atoms with Crippen molar-refractivity contribution in [2.75, 3.05) is 0 Å². The van der Waals surface area contributed by atoms with Crippen molar-refractivity contribution in [2.24, 2.45) is 16.7 Å². The lowest BCUT2D eigenvalue weighted by molar-refractivity contribution is 0.298. The summed E-state index contributed by atoms with van der Waals surface area (Å²) in [6.45, 7) is 0.870. The Morgan fingerprint density at radius 2 is 1.43 bits per heavy atom. The zero-order valence-electron chi connectivity index (χ0n) is 16.4. The Hall–Kier alpha value is -4.06. The number of amidine groups is 1. The van der Waals surface area contributed by atoms with Crippen LogP contribution in [0.5, 0.6) is 11.5 Å². The van der Waals surface area contributed by atoms with E-state index in [4.69, 9.17) is 21.1 Å². The van der Waals surface area contributed by atoms with Crippen LogP contribution < -0.4 is 21.1 Å². The van der Waals surface area contributed by atoms with Gasteiger partial charge in [-0.05, 0) is 54.1 Å². The van der Waals surface area contributed by atoms with Crippen LogP contribution in [0.2, 0.25) is 0 Å². The highest BCUT2D eigenvalue weighted by molar-refractivity contribution is 5.97. The number of hydrazone groups is 1. The second-order valence-corrected chi connectivity index (χ2v) is 6.76. The van der Waals surface area contributed by atoms with Crippen molar-refractivity contribution in [3.05, 3.63) is 102 Å². The molecule has 0 amide bonds. The summed E-state index contributed by atoms with van der Waals surface area (Å²) in [5, 5.41) is 4.60. The van der Waals surface area contributed by atoms with E-state index in [1.807, 2.05) is 78.9 Å². The zero-order valence-corrected chi connectivity index (χ0v) is 16.4. The molecule has 1 aromatic heterocycles. The van der Waals surface area contributed by atoms with Crippen molar-refractivity contribution in [1.29, 1.82) is 0 Å². The molecule has 6 nitrogen and oxygen atoms in total. The van der Waals surface area contributed by atoms with Crippen molar-refractivity contribution in [2.45, 2.75) is 13.2 Å². The number of ether oxygens (including phenoxy) is 2. The number of rotatable bonds is 7. The summed E-state index contributed by atoms with van der Waals surface area (Å²) in [7, 11) is 0. The van der Waals surface area contributed by atoms with Gasteiger partial charge in [0.1, 0.15) is 30.5 Å². The van der Waals surface area contributed by atoms with Crippen LogP contribution in [0, 0.1) is 0 Å². The van der Waals surface area contributed by atoms with E-state index in [0.29, 0.717) is 13.2 Å². The third-order valence-corrected chi connectivity index (χ3v) is 4.66. The van der Waals surface area contributed by atoms with E-state index in [9.17, 15) is 0 Å². The van der Waals surface area contributed by atoms with Crippen LogP contribution in [0.4, 0.5) is 0 Å². The molecule has 30 heavy (non-hydrogen) atoms. The van der Waals surface area contributed by atoms with Gasteiger partial charge in [-0.1, -0.05) is 36.4 Å². The van der Waals surface area contributed by atoms with Crippen molar-refractivity contribution >= 4 is 16.7 Å². The largest absolute Gasteiger partial charge is 0.489 e. The van der Waals surface area contributed by atoms with Crippen molar-refractivity contribution in [1.82, 2.24) is 4.98 Å². The van der Waals surface area contributed by atoms with E-state index < -0.39 is 0 Å². The molecule has 0 saturated carbocycles. The number of pyridine rings is 1. The first-order chi connectivity index (χ1) is 14.7. The first-order valence-corrected chi connectivity index (χ1v) is 9.54. The molecule has 0 aliphatic heterocycles. The van der Waals surface area contributed by atoms with E-state index in [0.717, 1.165) is 39.2 Å². The number of aromatic nitrogens is 1. The van der Waals surface area contributed by atoms with Gasteiger partial charge in [0.15, 0.2) is 0 Å². The van der Waals surface area contributed by atoms with Crippen LogP contribution in [0.15, 0.2) is 90.0 Å². The smallest absolute Gasteiger partial charge is 0.150 e.